The van der Waals surface area contributed by atoms with Crippen LogP contribution in [0.2, 0.25) is 0 Å². The highest BCUT2D eigenvalue weighted by molar-refractivity contribution is 6.09. The Balaban J connectivity index is 1.10. The van der Waals surface area contributed by atoms with Crippen LogP contribution in [0.4, 0.5) is 0 Å². The Morgan fingerprint density at radius 3 is 1.87 bits per heavy atom. The predicted octanol–water partition coefficient (Wildman–Crippen LogP) is 4.84. The summed E-state index contributed by atoms with van der Waals surface area (Å²) in [5, 5.41) is 0. The molecule has 4 aliphatic carbocycles. The molecule has 0 aromatic heterocycles. The molecule has 6 heteroatoms. The minimum absolute atomic E-state index is 0.100. The van der Waals surface area contributed by atoms with Crippen molar-refractivity contribution in [2.24, 2.45) is 35.5 Å². The Hall–Kier alpha value is -4.19. The molecule has 0 unspecified atom stereocenters. The highest BCUT2D eigenvalue weighted by Crippen LogP contribution is 2.65. The van der Waals surface area contributed by atoms with Crippen LogP contribution in [-0.4, -0.2) is 28.7 Å². The van der Waals surface area contributed by atoms with Gasteiger partial charge in [0.25, 0.3) is 0 Å². The van der Waals surface area contributed by atoms with E-state index < -0.39 is 12.0 Å². The first-order valence-electron chi connectivity index (χ1n) is 13.7. The lowest BCUT2D eigenvalue weighted by Gasteiger charge is -2.37. The molecule has 39 heavy (non-hydrogen) atoms. The third-order valence-corrected chi connectivity index (χ3v) is 8.84. The zero-order chi connectivity index (χ0) is 26.5. The van der Waals surface area contributed by atoms with Gasteiger partial charge < -0.3 is 9.47 Å². The molecular formula is C33H29NO5. The Labute approximate surface area is 227 Å². The average molecular weight is 520 g/mol. The van der Waals surface area contributed by atoms with E-state index in [0.717, 1.165) is 17.5 Å². The summed E-state index contributed by atoms with van der Waals surface area (Å²) in [4.78, 5) is 42.4. The number of nitrogens with zero attached hydrogens (tertiary/aromatic N) is 1. The highest BCUT2D eigenvalue weighted by Gasteiger charge is 2.68. The summed E-state index contributed by atoms with van der Waals surface area (Å²) in [6.07, 6.45) is 5.59. The fraction of sp³-hybridized carbons (Fsp3) is 0.303. The van der Waals surface area contributed by atoms with Crippen molar-refractivity contribution >= 4 is 17.8 Å². The van der Waals surface area contributed by atoms with Gasteiger partial charge in [0, 0.05) is 6.42 Å². The van der Waals surface area contributed by atoms with E-state index in [-0.39, 0.29) is 41.9 Å². The van der Waals surface area contributed by atoms with Gasteiger partial charge in [0.05, 0.1) is 11.8 Å². The Morgan fingerprint density at radius 2 is 1.28 bits per heavy atom. The number of hydrogen-bond acceptors (Lipinski definition) is 5. The smallest absolute Gasteiger partial charge is 0.335 e. The minimum atomic E-state index is -1.03. The molecule has 3 fully saturated rings. The first-order valence-corrected chi connectivity index (χ1v) is 13.7. The topological polar surface area (TPSA) is 72.9 Å². The van der Waals surface area contributed by atoms with Gasteiger partial charge in [-0.15, -0.1) is 0 Å². The van der Waals surface area contributed by atoms with Gasteiger partial charge in [-0.05, 0) is 65.5 Å². The Bertz CT molecular complexity index is 1400. The number of ether oxygens (including phenoxy) is 2. The second-order valence-electron chi connectivity index (χ2n) is 11.1. The summed E-state index contributed by atoms with van der Waals surface area (Å²) in [6.45, 7) is 0.430. The molecule has 6 nitrogen and oxygen atoms in total. The van der Waals surface area contributed by atoms with E-state index in [1.165, 1.54) is 4.90 Å². The predicted molar refractivity (Wildman–Crippen MR) is 143 cm³/mol. The number of allylic oxidation sites excluding steroid dienone is 2. The first-order chi connectivity index (χ1) is 19.1. The fourth-order valence-corrected chi connectivity index (χ4v) is 6.93. The Kier molecular flexibility index (Phi) is 5.84. The van der Waals surface area contributed by atoms with Gasteiger partial charge in [-0.2, -0.15) is 0 Å². The van der Waals surface area contributed by atoms with E-state index in [9.17, 15) is 14.4 Å². The van der Waals surface area contributed by atoms with E-state index in [1.807, 2.05) is 60.7 Å². The average Bonchev–Trinajstić information content (AvgIpc) is 3.76. The number of likely N-dealkylation sites (tertiary alicyclic amines) is 1. The molecule has 2 bridgehead atoms. The van der Waals surface area contributed by atoms with Crippen molar-refractivity contribution in [2.75, 3.05) is 0 Å². The highest BCUT2D eigenvalue weighted by atomic mass is 16.5. The van der Waals surface area contributed by atoms with Gasteiger partial charge >= 0.3 is 5.97 Å². The molecule has 196 valence electrons. The van der Waals surface area contributed by atoms with Gasteiger partial charge in [0.2, 0.25) is 11.8 Å². The van der Waals surface area contributed by atoms with Gasteiger partial charge in [0.15, 0.2) is 0 Å². The van der Waals surface area contributed by atoms with Gasteiger partial charge in [-0.1, -0.05) is 72.8 Å². The van der Waals surface area contributed by atoms with Crippen LogP contribution in [0.5, 0.6) is 11.5 Å². The van der Waals surface area contributed by atoms with Crippen LogP contribution in [0.15, 0.2) is 97.1 Å². The number of rotatable bonds is 8. The normalized spacial score (nSPS) is 28.6. The quantitative estimate of drug-likeness (QED) is 0.184. The minimum Gasteiger partial charge on any atom is -0.489 e. The third kappa shape index (κ3) is 4.24. The maximum atomic E-state index is 13.8. The molecule has 0 N–H and O–H groups in total. The molecule has 1 heterocycles. The largest absolute Gasteiger partial charge is 0.489 e. The molecule has 1 saturated heterocycles. The van der Waals surface area contributed by atoms with Crippen molar-refractivity contribution < 1.29 is 23.9 Å². The van der Waals surface area contributed by atoms with Crippen molar-refractivity contribution in [1.82, 2.24) is 4.90 Å². The first kappa shape index (κ1) is 23.9. The maximum absolute atomic E-state index is 13.8. The number of amides is 2. The Morgan fingerprint density at radius 1 is 0.744 bits per heavy atom. The molecule has 2 saturated carbocycles. The van der Waals surface area contributed by atoms with Crippen LogP contribution in [0.3, 0.4) is 0 Å². The zero-order valence-corrected chi connectivity index (χ0v) is 21.4. The molecule has 3 aromatic carbocycles. The molecular weight excluding hydrogens is 490 g/mol. The molecule has 0 spiro atoms. The van der Waals surface area contributed by atoms with Gasteiger partial charge in [0.1, 0.15) is 24.1 Å². The van der Waals surface area contributed by atoms with Crippen LogP contribution >= 0.6 is 0 Å². The van der Waals surface area contributed by atoms with E-state index >= 15 is 0 Å². The molecule has 0 radical (unpaired) electrons. The van der Waals surface area contributed by atoms with Crippen LogP contribution in [0, 0.1) is 35.5 Å². The lowest BCUT2D eigenvalue weighted by atomic mass is 9.63. The van der Waals surface area contributed by atoms with E-state index in [1.54, 1.807) is 24.3 Å². The van der Waals surface area contributed by atoms with E-state index in [0.29, 0.717) is 29.9 Å². The molecule has 7 atom stereocenters. The molecule has 8 rings (SSSR count). The number of imide groups is 1. The fourth-order valence-electron chi connectivity index (χ4n) is 6.93. The van der Waals surface area contributed by atoms with E-state index in [4.69, 9.17) is 9.47 Å². The van der Waals surface area contributed by atoms with Crippen LogP contribution in [0.1, 0.15) is 17.5 Å². The molecule has 3 aromatic rings. The van der Waals surface area contributed by atoms with Crippen molar-refractivity contribution in [3.8, 4) is 11.5 Å². The third-order valence-electron chi connectivity index (χ3n) is 8.84. The molecule has 1 aliphatic heterocycles. The molecule has 2 amide bonds. The van der Waals surface area contributed by atoms with Crippen molar-refractivity contribution in [2.45, 2.75) is 25.5 Å². The lowest BCUT2D eigenvalue weighted by Crippen LogP contribution is -2.48. The zero-order valence-electron chi connectivity index (χ0n) is 21.4. The van der Waals surface area contributed by atoms with Crippen molar-refractivity contribution in [3.05, 3.63) is 108 Å². The summed E-state index contributed by atoms with van der Waals surface area (Å²) < 4.78 is 11.6. The van der Waals surface area contributed by atoms with Crippen molar-refractivity contribution in [3.63, 3.8) is 0 Å². The number of esters is 1. The van der Waals surface area contributed by atoms with E-state index in [2.05, 4.69) is 12.2 Å². The van der Waals surface area contributed by atoms with Crippen molar-refractivity contribution in [1.29, 1.82) is 0 Å². The van der Waals surface area contributed by atoms with Gasteiger partial charge in [-0.25, -0.2) is 4.79 Å². The second-order valence-corrected chi connectivity index (χ2v) is 11.1. The number of carbonyl (C=O) groups is 3. The standard InChI is InChI=1S/C33H29NO5/c35-31-29-24-15-16-25(27-18-26(24)27)30(29)32(36)34(31)28(17-20-7-3-1-4-8-20)33(37)39-23-13-11-22(12-14-23)38-19-21-9-5-2-6-10-21/h1-16,24-30H,17-19H2/t24-,25-,26-,27+,28-,29-,30+/m0/s1. The lowest BCUT2D eigenvalue weighted by molar-refractivity contribution is -0.153. The SMILES string of the molecule is O=C(Oc1ccc(OCc2ccccc2)cc1)[C@H](Cc1ccccc1)N1C(=O)[C@@H]2[C@H]3C=C[C@@H]([C@@H]4C[C@H]34)[C@@H]2C1=O. The summed E-state index contributed by atoms with van der Waals surface area (Å²) >= 11 is 0. The number of carbonyl (C=O) groups excluding carboxylic acids is 3. The summed E-state index contributed by atoms with van der Waals surface area (Å²) in [6, 6.07) is 25.1. The number of benzene rings is 3. The monoisotopic (exact) mass is 519 g/mol. The van der Waals surface area contributed by atoms with Crippen LogP contribution in [0.25, 0.3) is 0 Å². The summed E-state index contributed by atoms with van der Waals surface area (Å²) in [5.74, 6) is 0.412. The summed E-state index contributed by atoms with van der Waals surface area (Å²) in [7, 11) is 0. The number of hydrogen-bond donors (Lipinski definition) is 0. The summed E-state index contributed by atoms with van der Waals surface area (Å²) in [5.41, 5.74) is 1.92. The van der Waals surface area contributed by atoms with Crippen LogP contribution in [-0.2, 0) is 27.4 Å². The second kappa shape index (κ2) is 9.53. The molecule has 5 aliphatic rings. The van der Waals surface area contributed by atoms with Gasteiger partial charge in [-0.3, -0.25) is 14.5 Å². The van der Waals surface area contributed by atoms with Crippen LogP contribution < -0.4 is 9.47 Å². The maximum Gasteiger partial charge on any atom is 0.335 e.